The van der Waals surface area contributed by atoms with Crippen LogP contribution in [-0.4, -0.2) is 17.7 Å². The zero-order chi connectivity index (χ0) is 8.10. The fraction of sp³-hybridized carbons (Fsp3) is 1.00. The SMILES string of the molecule is CCCC(C)C1NCCCS1. The molecule has 0 aromatic rings. The summed E-state index contributed by atoms with van der Waals surface area (Å²) in [7, 11) is 0. The molecule has 0 aromatic heterocycles. The Morgan fingerprint density at radius 2 is 2.45 bits per heavy atom. The van der Waals surface area contributed by atoms with Gasteiger partial charge in [0.15, 0.2) is 0 Å². The van der Waals surface area contributed by atoms with E-state index in [2.05, 4.69) is 30.9 Å². The molecule has 0 spiro atoms. The lowest BCUT2D eigenvalue weighted by atomic mass is 10.1. The van der Waals surface area contributed by atoms with E-state index in [-0.39, 0.29) is 0 Å². The molecule has 0 amide bonds. The number of nitrogens with one attached hydrogen (secondary N) is 1. The number of rotatable bonds is 3. The van der Waals surface area contributed by atoms with Crippen molar-refractivity contribution in [2.45, 2.75) is 38.5 Å². The maximum Gasteiger partial charge on any atom is 0.0558 e. The molecule has 1 aliphatic heterocycles. The second kappa shape index (κ2) is 5.04. The van der Waals surface area contributed by atoms with Crippen molar-refractivity contribution in [2.24, 2.45) is 5.92 Å². The van der Waals surface area contributed by atoms with E-state index >= 15 is 0 Å². The summed E-state index contributed by atoms with van der Waals surface area (Å²) in [5.74, 6) is 2.21. The number of hydrogen-bond donors (Lipinski definition) is 1. The van der Waals surface area contributed by atoms with E-state index in [1.807, 2.05) is 0 Å². The summed E-state index contributed by atoms with van der Waals surface area (Å²) in [4.78, 5) is 0. The van der Waals surface area contributed by atoms with E-state index in [1.54, 1.807) is 0 Å². The van der Waals surface area contributed by atoms with Gasteiger partial charge in [0.1, 0.15) is 0 Å². The summed E-state index contributed by atoms with van der Waals surface area (Å²) < 4.78 is 0. The normalized spacial score (nSPS) is 28.4. The van der Waals surface area contributed by atoms with Gasteiger partial charge >= 0.3 is 0 Å². The van der Waals surface area contributed by atoms with Crippen molar-refractivity contribution in [3.05, 3.63) is 0 Å². The molecule has 0 aliphatic carbocycles. The molecule has 1 saturated heterocycles. The molecule has 2 atom stereocenters. The van der Waals surface area contributed by atoms with Gasteiger partial charge < -0.3 is 5.32 Å². The standard InChI is InChI=1S/C9H19NS/c1-3-5-8(2)9-10-6-4-7-11-9/h8-10H,3-7H2,1-2H3. The highest BCUT2D eigenvalue weighted by Crippen LogP contribution is 2.24. The molecule has 0 radical (unpaired) electrons. The summed E-state index contributed by atoms with van der Waals surface area (Å²) >= 11 is 2.10. The Balaban J connectivity index is 2.21. The van der Waals surface area contributed by atoms with Gasteiger partial charge in [0.2, 0.25) is 0 Å². The van der Waals surface area contributed by atoms with Gasteiger partial charge in [-0.1, -0.05) is 20.3 Å². The average molecular weight is 173 g/mol. The highest BCUT2D eigenvalue weighted by atomic mass is 32.2. The first-order valence-electron chi connectivity index (χ1n) is 4.69. The van der Waals surface area contributed by atoms with Crippen molar-refractivity contribution in [1.82, 2.24) is 5.32 Å². The summed E-state index contributed by atoms with van der Waals surface area (Å²) in [6.07, 6.45) is 4.03. The second-order valence-corrected chi connectivity index (χ2v) is 4.61. The Morgan fingerprint density at radius 3 is 3.00 bits per heavy atom. The molecule has 0 saturated carbocycles. The first kappa shape index (κ1) is 9.40. The van der Waals surface area contributed by atoms with Crippen molar-refractivity contribution in [2.75, 3.05) is 12.3 Å². The van der Waals surface area contributed by atoms with Crippen molar-refractivity contribution < 1.29 is 0 Å². The second-order valence-electron chi connectivity index (χ2n) is 3.37. The largest absolute Gasteiger partial charge is 0.305 e. The molecule has 1 heterocycles. The van der Waals surface area contributed by atoms with Gasteiger partial charge in [0, 0.05) is 0 Å². The van der Waals surface area contributed by atoms with Gasteiger partial charge in [-0.2, -0.15) is 0 Å². The summed E-state index contributed by atoms with van der Waals surface area (Å²) in [6.45, 7) is 5.86. The molecule has 11 heavy (non-hydrogen) atoms. The van der Waals surface area contributed by atoms with Crippen LogP contribution in [0.5, 0.6) is 0 Å². The van der Waals surface area contributed by atoms with E-state index in [0.717, 1.165) is 11.3 Å². The van der Waals surface area contributed by atoms with Crippen LogP contribution in [-0.2, 0) is 0 Å². The van der Waals surface area contributed by atoms with Crippen LogP contribution in [0.4, 0.5) is 0 Å². The predicted octanol–water partition coefficient (Wildman–Crippen LogP) is 2.48. The van der Waals surface area contributed by atoms with Gasteiger partial charge in [-0.3, -0.25) is 0 Å². The Morgan fingerprint density at radius 1 is 1.64 bits per heavy atom. The molecule has 0 bridgehead atoms. The van der Waals surface area contributed by atoms with E-state index in [4.69, 9.17) is 0 Å². The fourth-order valence-electron chi connectivity index (χ4n) is 1.56. The molecule has 1 fully saturated rings. The Bertz CT molecular complexity index is 99.7. The van der Waals surface area contributed by atoms with Crippen LogP contribution in [0.1, 0.15) is 33.1 Å². The van der Waals surface area contributed by atoms with Crippen LogP contribution in [0.2, 0.25) is 0 Å². The average Bonchev–Trinajstić information content (AvgIpc) is 2.07. The lowest BCUT2D eigenvalue weighted by Gasteiger charge is -2.28. The highest BCUT2D eigenvalue weighted by Gasteiger charge is 2.18. The van der Waals surface area contributed by atoms with Crippen LogP contribution in [0.25, 0.3) is 0 Å². The van der Waals surface area contributed by atoms with Gasteiger partial charge in [-0.05, 0) is 31.1 Å². The molecule has 66 valence electrons. The third kappa shape index (κ3) is 3.04. The summed E-state index contributed by atoms with van der Waals surface area (Å²) in [5.41, 5.74) is 0. The first-order valence-corrected chi connectivity index (χ1v) is 5.74. The Kier molecular flexibility index (Phi) is 4.31. The molecular weight excluding hydrogens is 154 g/mol. The first-order chi connectivity index (χ1) is 5.34. The van der Waals surface area contributed by atoms with E-state index in [0.29, 0.717) is 0 Å². The molecule has 2 unspecified atom stereocenters. The lowest BCUT2D eigenvalue weighted by molar-refractivity contribution is 0.438. The summed E-state index contributed by atoms with van der Waals surface area (Å²) in [5, 5.41) is 4.31. The van der Waals surface area contributed by atoms with Gasteiger partial charge in [-0.15, -0.1) is 11.8 Å². The predicted molar refractivity (Wildman–Crippen MR) is 52.9 cm³/mol. The maximum absolute atomic E-state index is 3.57. The van der Waals surface area contributed by atoms with E-state index in [1.165, 1.54) is 31.6 Å². The highest BCUT2D eigenvalue weighted by molar-refractivity contribution is 7.99. The quantitative estimate of drug-likeness (QED) is 0.703. The third-order valence-corrected chi connectivity index (χ3v) is 3.74. The zero-order valence-corrected chi connectivity index (χ0v) is 8.41. The third-order valence-electron chi connectivity index (χ3n) is 2.22. The van der Waals surface area contributed by atoms with Crippen molar-refractivity contribution in [1.29, 1.82) is 0 Å². The maximum atomic E-state index is 3.57. The molecule has 1 nitrogen and oxygen atoms in total. The topological polar surface area (TPSA) is 12.0 Å². The lowest BCUT2D eigenvalue weighted by Crippen LogP contribution is -2.36. The monoisotopic (exact) mass is 173 g/mol. The minimum Gasteiger partial charge on any atom is -0.305 e. The molecule has 2 heteroatoms. The minimum absolute atomic E-state index is 0.740. The van der Waals surface area contributed by atoms with Gasteiger partial charge in [-0.25, -0.2) is 0 Å². The van der Waals surface area contributed by atoms with Gasteiger partial charge in [0.05, 0.1) is 5.37 Å². The van der Waals surface area contributed by atoms with Crippen molar-refractivity contribution in [3.63, 3.8) is 0 Å². The van der Waals surface area contributed by atoms with Gasteiger partial charge in [0.25, 0.3) is 0 Å². The molecule has 0 aromatic carbocycles. The Labute approximate surface area is 74.3 Å². The molecule has 1 aliphatic rings. The van der Waals surface area contributed by atoms with Crippen LogP contribution >= 0.6 is 11.8 Å². The fourth-order valence-corrected chi connectivity index (χ4v) is 2.82. The van der Waals surface area contributed by atoms with E-state index in [9.17, 15) is 0 Å². The molecule has 1 rings (SSSR count). The molecular formula is C9H19NS. The number of hydrogen-bond acceptors (Lipinski definition) is 2. The van der Waals surface area contributed by atoms with Crippen LogP contribution < -0.4 is 5.32 Å². The van der Waals surface area contributed by atoms with Crippen molar-refractivity contribution in [3.8, 4) is 0 Å². The van der Waals surface area contributed by atoms with E-state index < -0.39 is 0 Å². The summed E-state index contributed by atoms with van der Waals surface area (Å²) in [6, 6.07) is 0. The minimum atomic E-state index is 0.740. The number of thioether (sulfide) groups is 1. The zero-order valence-electron chi connectivity index (χ0n) is 7.60. The smallest absolute Gasteiger partial charge is 0.0558 e. The van der Waals surface area contributed by atoms with Crippen molar-refractivity contribution >= 4 is 11.8 Å². The molecule has 1 N–H and O–H groups in total. The Hall–Kier alpha value is 0.310. The van der Waals surface area contributed by atoms with Crippen LogP contribution in [0.15, 0.2) is 0 Å². The van der Waals surface area contributed by atoms with Crippen LogP contribution in [0.3, 0.4) is 0 Å². The van der Waals surface area contributed by atoms with Crippen LogP contribution in [0, 0.1) is 5.92 Å².